The number of hydrogen-bond donors (Lipinski definition) is 0. The molecule has 258 valence electrons. The smallest absolute Gasteiger partial charge is 0.215 e. The Labute approximate surface area is 315 Å². The van der Waals surface area contributed by atoms with E-state index in [-0.39, 0.29) is 0 Å². The van der Waals surface area contributed by atoms with Crippen LogP contribution in [0.2, 0.25) is 0 Å². The van der Waals surface area contributed by atoms with Crippen molar-refractivity contribution in [2.45, 2.75) is 55.4 Å². The van der Waals surface area contributed by atoms with Gasteiger partial charge in [0.05, 0.1) is 22.6 Å². The molecule has 0 heterocycles. The van der Waals surface area contributed by atoms with Crippen molar-refractivity contribution in [2.24, 2.45) is 0 Å². The van der Waals surface area contributed by atoms with Crippen molar-refractivity contribution in [3.05, 3.63) is 231 Å². The lowest BCUT2D eigenvalue weighted by molar-refractivity contribution is 1.23. The van der Waals surface area contributed by atoms with Crippen LogP contribution in [-0.2, 0) is 0 Å². The van der Waals surface area contributed by atoms with Crippen LogP contribution in [-0.4, -0.2) is 13.1 Å². The minimum Gasteiger partial charge on any atom is -0.215 e. The van der Waals surface area contributed by atoms with E-state index in [2.05, 4.69) is 219 Å². The average molecular weight is 691 g/mol. The van der Waals surface area contributed by atoms with Crippen molar-refractivity contribution in [1.29, 1.82) is 0 Å². The van der Waals surface area contributed by atoms with E-state index in [1.165, 1.54) is 84.8 Å². The van der Waals surface area contributed by atoms with E-state index in [4.69, 9.17) is 0 Å². The van der Waals surface area contributed by atoms with E-state index in [1.807, 2.05) is 0 Å². The summed E-state index contributed by atoms with van der Waals surface area (Å²) in [4.78, 5) is 0. The molecule has 0 aliphatic heterocycles. The molecule has 0 spiro atoms. The van der Waals surface area contributed by atoms with E-state index < -0.39 is 13.1 Å². The van der Waals surface area contributed by atoms with Crippen molar-refractivity contribution in [1.82, 2.24) is 0 Å². The summed E-state index contributed by atoms with van der Waals surface area (Å²) in [6.45, 7) is 18.1. The van der Waals surface area contributed by atoms with Crippen LogP contribution in [0.15, 0.2) is 164 Å². The first kappa shape index (κ1) is 36.7. The highest BCUT2D eigenvalue weighted by molar-refractivity contribution is 7.20. The molecular weight excluding hydrogens is 640 g/mol. The van der Waals surface area contributed by atoms with Gasteiger partial charge in [-0.05, 0) is 128 Å². The summed E-state index contributed by atoms with van der Waals surface area (Å²) in [6, 6.07) is 60.1. The van der Waals surface area contributed by atoms with Crippen LogP contribution in [0.1, 0.15) is 61.2 Å². The molecule has 0 saturated carbocycles. The maximum atomic E-state index is 2.44. The van der Waals surface area contributed by atoms with E-state index in [9.17, 15) is 0 Å². The SMILES string of the molecule is Cc1cc[c]([Al-]([c]2ccc(C)cc2C)([c]2ccc(C)cc2C)[c]2ccc(C)cc2C)c(C)c1.c1ccc([C+](c2ccccc2)c2ccccc2)cc1. The number of rotatable bonds is 7. The molecule has 0 fully saturated rings. The predicted molar refractivity (Wildman–Crippen MR) is 228 cm³/mol. The Hall–Kier alpha value is -5.06. The van der Waals surface area contributed by atoms with Crippen LogP contribution < -0.4 is 17.7 Å². The molecule has 0 nitrogen and oxygen atoms in total. The van der Waals surface area contributed by atoms with Crippen molar-refractivity contribution in [2.75, 3.05) is 0 Å². The molecule has 0 atom stereocenters. The van der Waals surface area contributed by atoms with Gasteiger partial charge in [-0.15, -0.1) is 24.3 Å². The Kier molecular flexibility index (Phi) is 11.4. The van der Waals surface area contributed by atoms with Gasteiger partial charge < -0.3 is 0 Å². The zero-order valence-electron chi connectivity index (χ0n) is 32.2. The molecule has 0 radical (unpaired) electrons. The van der Waals surface area contributed by atoms with Gasteiger partial charge in [0.25, 0.3) is 13.1 Å². The van der Waals surface area contributed by atoms with Gasteiger partial charge in [0.2, 0.25) is 0 Å². The molecule has 7 aromatic rings. The quantitative estimate of drug-likeness (QED) is 0.0888. The standard InChI is InChI=1S/C19H15.4C8H9.Al/c1-4-10-16(11-5-1)19(17-12-6-2-7-13-17)18-14-8-3-9-15-18;4*1-7-4-3-5-8(2)6-7;/h1-15H;4*3-4,6H,1-2H3;/q+1;;;;;-1. The molecular formula is C51H51Al. The highest BCUT2D eigenvalue weighted by Gasteiger charge is 2.40. The van der Waals surface area contributed by atoms with Crippen LogP contribution >= 0.6 is 0 Å². The molecule has 7 aromatic carbocycles. The van der Waals surface area contributed by atoms with E-state index >= 15 is 0 Å². The van der Waals surface area contributed by atoms with Crippen LogP contribution in [0.4, 0.5) is 0 Å². The lowest BCUT2D eigenvalue weighted by atomic mass is 9.85. The fourth-order valence-electron chi connectivity index (χ4n) is 8.57. The first-order valence-electron chi connectivity index (χ1n) is 18.6. The molecule has 0 aliphatic rings. The van der Waals surface area contributed by atoms with Gasteiger partial charge in [-0.1, -0.05) is 111 Å². The monoisotopic (exact) mass is 690 g/mol. The van der Waals surface area contributed by atoms with E-state index in [0.29, 0.717) is 0 Å². The van der Waals surface area contributed by atoms with Crippen molar-refractivity contribution >= 4 is 30.8 Å². The Morgan fingerprint density at radius 1 is 0.288 bits per heavy atom. The van der Waals surface area contributed by atoms with Gasteiger partial charge in [0.15, 0.2) is 0 Å². The topological polar surface area (TPSA) is 0 Å². The summed E-state index contributed by atoms with van der Waals surface area (Å²) < 4.78 is 6.11. The molecule has 52 heavy (non-hydrogen) atoms. The Bertz CT molecular complexity index is 1960. The van der Waals surface area contributed by atoms with Crippen LogP contribution in [0.5, 0.6) is 0 Å². The summed E-state index contributed by atoms with van der Waals surface area (Å²) in [5, 5.41) is 0. The molecule has 0 aromatic heterocycles. The van der Waals surface area contributed by atoms with Crippen molar-refractivity contribution in [3.8, 4) is 0 Å². The van der Waals surface area contributed by atoms with Crippen LogP contribution in [0.3, 0.4) is 0 Å². The third-order valence-electron chi connectivity index (χ3n) is 10.8. The number of benzene rings is 7. The van der Waals surface area contributed by atoms with Crippen molar-refractivity contribution in [3.63, 3.8) is 0 Å². The number of hydrogen-bond acceptors (Lipinski definition) is 0. The van der Waals surface area contributed by atoms with Crippen molar-refractivity contribution < 1.29 is 0 Å². The van der Waals surface area contributed by atoms with E-state index in [0.717, 1.165) is 0 Å². The summed E-state index contributed by atoms with van der Waals surface area (Å²) in [7, 11) is 0. The summed E-state index contributed by atoms with van der Waals surface area (Å²) >= 11 is -3.00. The predicted octanol–water partition coefficient (Wildman–Crippen LogP) is 10.2. The minimum absolute atomic E-state index is 1.25. The van der Waals surface area contributed by atoms with Gasteiger partial charge in [0.1, 0.15) is 0 Å². The van der Waals surface area contributed by atoms with Gasteiger partial charge in [-0.2, -0.15) is 0 Å². The first-order chi connectivity index (χ1) is 25.1. The van der Waals surface area contributed by atoms with Gasteiger partial charge >= 0.3 is 0 Å². The van der Waals surface area contributed by atoms with Gasteiger partial charge in [-0.25, -0.2) is 17.7 Å². The maximum absolute atomic E-state index is 3.00. The first-order valence-corrected chi connectivity index (χ1v) is 20.9. The molecule has 0 unspecified atom stereocenters. The van der Waals surface area contributed by atoms with E-state index in [1.54, 1.807) is 0 Å². The number of aryl methyl sites for hydroxylation is 8. The molecule has 0 amide bonds. The second-order valence-electron chi connectivity index (χ2n) is 14.8. The Morgan fingerprint density at radius 2 is 0.519 bits per heavy atom. The average Bonchev–Trinajstić information content (AvgIpc) is 3.12. The Morgan fingerprint density at radius 3 is 0.731 bits per heavy atom. The van der Waals surface area contributed by atoms with Gasteiger partial charge in [-0.3, -0.25) is 0 Å². The lowest BCUT2D eigenvalue weighted by Crippen LogP contribution is -2.76. The van der Waals surface area contributed by atoms with Crippen LogP contribution in [0, 0.1) is 61.3 Å². The third kappa shape index (κ3) is 7.59. The lowest BCUT2D eigenvalue weighted by Gasteiger charge is -2.45. The maximum Gasteiger partial charge on any atom is 0.268 e. The normalized spacial score (nSPS) is 11.1. The summed E-state index contributed by atoms with van der Waals surface area (Å²) in [5.74, 6) is 1.28. The Balaban J connectivity index is 0.000000206. The highest BCUT2D eigenvalue weighted by atomic mass is 27.2. The molecule has 7 rings (SSSR count). The minimum atomic E-state index is -3.00. The summed E-state index contributed by atoms with van der Waals surface area (Å²) in [6.07, 6.45) is 0. The zero-order valence-corrected chi connectivity index (χ0v) is 33.3. The van der Waals surface area contributed by atoms with Crippen LogP contribution in [0.25, 0.3) is 0 Å². The second-order valence-corrected chi connectivity index (χ2v) is 19.0. The molecule has 0 aliphatic carbocycles. The fraction of sp³-hybridized carbons (Fsp3) is 0.157. The molecule has 0 N–H and O–H groups in total. The van der Waals surface area contributed by atoms with Gasteiger partial charge in [0, 0.05) is 0 Å². The molecule has 0 bridgehead atoms. The summed E-state index contributed by atoms with van der Waals surface area (Å²) in [5.41, 5.74) is 14.7. The fourth-order valence-corrected chi connectivity index (χ4v) is 15.2. The largest absolute Gasteiger partial charge is 0.268 e. The zero-order chi connectivity index (χ0) is 36.8. The molecule has 0 saturated heterocycles. The highest BCUT2D eigenvalue weighted by Crippen LogP contribution is 2.30. The second kappa shape index (κ2) is 16.1. The third-order valence-corrected chi connectivity index (χ3v) is 17.1. The molecule has 1 heteroatoms.